The van der Waals surface area contributed by atoms with Crippen LogP contribution in [-0.2, 0) is 14.8 Å². The lowest BCUT2D eigenvalue weighted by Crippen LogP contribution is -2.24. The molecule has 0 spiro atoms. The highest BCUT2D eigenvalue weighted by Crippen LogP contribution is 2.20. The Hall–Kier alpha value is -1.15. The molecule has 0 atom stereocenters. The van der Waals surface area contributed by atoms with Crippen LogP contribution in [-0.4, -0.2) is 46.4 Å². The van der Waals surface area contributed by atoms with Crippen LogP contribution in [0.3, 0.4) is 0 Å². The Labute approximate surface area is 120 Å². The van der Waals surface area contributed by atoms with Crippen molar-refractivity contribution < 1.29 is 18.3 Å². The fourth-order valence-electron chi connectivity index (χ4n) is 1.68. The summed E-state index contributed by atoms with van der Waals surface area (Å²) >= 11 is 0. The third kappa shape index (κ3) is 5.46. The molecule has 0 heterocycles. The number of aliphatic hydroxyl groups is 1. The summed E-state index contributed by atoms with van der Waals surface area (Å²) in [6, 6.07) is 6.79. The molecule has 3 N–H and O–H groups in total. The van der Waals surface area contributed by atoms with Crippen molar-refractivity contribution in [1.29, 1.82) is 0 Å². The maximum atomic E-state index is 12.0. The number of hydrogen-bond donors (Lipinski definition) is 3. The van der Waals surface area contributed by atoms with E-state index in [-0.39, 0.29) is 11.5 Å². The van der Waals surface area contributed by atoms with Crippen LogP contribution in [0.2, 0.25) is 0 Å². The molecule has 0 amide bonds. The Bertz CT molecular complexity index is 491. The van der Waals surface area contributed by atoms with Gasteiger partial charge in [0.25, 0.3) is 0 Å². The minimum atomic E-state index is -3.47. The van der Waals surface area contributed by atoms with Crippen LogP contribution in [0.1, 0.15) is 13.3 Å². The molecule has 6 nitrogen and oxygen atoms in total. The van der Waals surface area contributed by atoms with E-state index in [1.807, 2.05) is 0 Å². The number of sulfonamides is 1. The molecule has 0 aromatic heterocycles. The van der Waals surface area contributed by atoms with Gasteiger partial charge in [0.15, 0.2) is 0 Å². The zero-order chi connectivity index (χ0) is 14.8. The van der Waals surface area contributed by atoms with Gasteiger partial charge in [-0.2, -0.15) is 0 Å². The monoisotopic (exact) mass is 302 g/mol. The van der Waals surface area contributed by atoms with Gasteiger partial charge in [-0.25, -0.2) is 13.1 Å². The van der Waals surface area contributed by atoms with Crippen LogP contribution in [0.15, 0.2) is 29.2 Å². The van der Waals surface area contributed by atoms with E-state index < -0.39 is 10.0 Å². The van der Waals surface area contributed by atoms with Gasteiger partial charge in [-0.15, -0.1) is 0 Å². The molecule has 0 aliphatic rings. The minimum absolute atomic E-state index is 0.0111. The lowest BCUT2D eigenvalue weighted by Gasteiger charge is -2.12. The summed E-state index contributed by atoms with van der Waals surface area (Å²) in [5.74, 6) is 0. The molecular formula is C13H22N2O4S. The number of ether oxygens (including phenoxy) is 1. The van der Waals surface area contributed by atoms with E-state index >= 15 is 0 Å². The van der Waals surface area contributed by atoms with Gasteiger partial charge in [-0.3, -0.25) is 0 Å². The van der Waals surface area contributed by atoms with E-state index in [2.05, 4.69) is 10.0 Å². The summed E-state index contributed by atoms with van der Waals surface area (Å²) < 4.78 is 31.7. The van der Waals surface area contributed by atoms with Crippen molar-refractivity contribution in [3.63, 3.8) is 0 Å². The molecule has 20 heavy (non-hydrogen) atoms. The second kappa shape index (κ2) is 8.91. The Kier molecular flexibility index (Phi) is 7.53. The highest BCUT2D eigenvalue weighted by Gasteiger charge is 2.16. The third-order valence-electron chi connectivity index (χ3n) is 2.53. The number of aliphatic hydroxyl groups excluding tert-OH is 1. The quantitative estimate of drug-likeness (QED) is 0.556. The van der Waals surface area contributed by atoms with E-state index in [0.717, 1.165) is 6.42 Å². The van der Waals surface area contributed by atoms with Crippen molar-refractivity contribution in [1.82, 2.24) is 4.72 Å². The average Bonchev–Trinajstić information content (AvgIpc) is 2.43. The van der Waals surface area contributed by atoms with Crippen molar-refractivity contribution in [2.45, 2.75) is 18.2 Å². The van der Waals surface area contributed by atoms with Gasteiger partial charge in [0, 0.05) is 19.7 Å². The predicted molar refractivity (Wildman–Crippen MR) is 78.3 cm³/mol. The van der Waals surface area contributed by atoms with Gasteiger partial charge in [-0.05, 0) is 18.6 Å². The molecule has 1 rings (SSSR count). The predicted octanol–water partition coefficient (Wildman–Crippen LogP) is 0.796. The maximum absolute atomic E-state index is 12.0. The van der Waals surface area contributed by atoms with E-state index in [1.165, 1.54) is 0 Å². The number of benzene rings is 1. The average molecular weight is 302 g/mol. The smallest absolute Gasteiger partial charge is 0.242 e. The van der Waals surface area contributed by atoms with Crippen LogP contribution in [0.4, 0.5) is 5.69 Å². The lowest BCUT2D eigenvalue weighted by atomic mass is 10.3. The molecule has 1 aromatic rings. The van der Waals surface area contributed by atoms with Crippen molar-refractivity contribution in [3.8, 4) is 0 Å². The normalized spacial score (nSPS) is 11.5. The summed E-state index contributed by atoms with van der Waals surface area (Å²) in [4.78, 5) is 0.248. The molecule has 1 aromatic carbocycles. The van der Waals surface area contributed by atoms with E-state index in [0.29, 0.717) is 32.0 Å². The summed E-state index contributed by atoms with van der Waals surface area (Å²) in [7, 11) is -3.47. The van der Waals surface area contributed by atoms with Crippen molar-refractivity contribution in [2.24, 2.45) is 0 Å². The first-order valence-electron chi connectivity index (χ1n) is 6.63. The van der Waals surface area contributed by atoms with Gasteiger partial charge in [-0.1, -0.05) is 19.1 Å². The zero-order valence-electron chi connectivity index (χ0n) is 11.6. The highest BCUT2D eigenvalue weighted by atomic mass is 32.2. The van der Waals surface area contributed by atoms with Gasteiger partial charge in [0.2, 0.25) is 10.0 Å². The first-order valence-corrected chi connectivity index (χ1v) is 8.11. The molecule has 114 valence electrons. The van der Waals surface area contributed by atoms with Crippen LogP contribution < -0.4 is 10.0 Å². The molecular weight excluding hydrogens is 280 g/mol. The summed E-state index contributed by atoms with van der Waals surface area (Å²) in [6.07, 6.45) is 0.732. The van der Waals surface area contributed by atoms with Crippen molar-refractivity contribution in [2.75, 3.05) is 38.2 Å². The van der Waals surface area contributed by atoms with Gasteiger partial charge in [0.05, 0.1) is 18.9 Å². The SMILES string of the molecule is CCNS(=O)(=O)c1ccccc1NCCCOCCO. The van der Waals surface area contributed by atoms with Crippen LogP contribution in [0, 0.1) is 0 Å². The number of anilines is 1. The molecule has 0 aliphatic carbocycles. The van der Waals surface area contributed by atoms with Crippen LogP contribution >= 0.6 is 0 Å². The number of rotatable bonds is 10. The molecule has 0 saturated heterocycles. The Balaban J connectivity index is 2.58. The topological polar surface area (TPSA) is 87.7 Å². The molecule has 0 saturated carbocycles. The van der Waals surface area contributed by atoms with Gasteiger partial charge < -0.3 is 15.2 Å². The van der Waals surface area contributed by atoms with Gasteiger partial charge in [0.1, 0.15) is 4.90 Å². The summed E-state index contributed by atoms with van der Waals surface area (Å²) in [6.45, 7) is 3.56. The first-order chi connectivity index (χ1) is 9.61. The zero-order valence-corrected chi connectivity index (χ0v) is 12.4. The molecule has 7 heteroatoms. The summed E-state index contributed by atoms with van der Waals surface area (Å²) in [5, 5.41) is 11.7. The van der Waals surface area contributed by atoms with E-state index in [1.54, 1.807) is 31.2 Å². The largest absolute Gasteiger partial charge is 0.394 e. The van der Waals surface area contributed by atoms with Gasteiger partial charge >= 0.3 is 0 Å². The van der Waals surface area contributed by atoms with Crippen LogP contribution in [0.5, 0.6) is 0 Å². The second-order valence-corrected chi connectivity index (χ2v) is 5.85. The summed E-state index contributed by atoms with van der Waals surface area (Å²) in [5.41, 5.74) is 0.579. The Morgan fingerprint density at radius 3 is 2.70 bits per heavy atom. The third-order valence-corrected chi connectivity index (χ3v) is 4.13. The molecule has 0 aliphatic heterocycles. The molecule has 0 unspecified atom stereocenters. The molecule has 0 bridgehead atoms. The maximum Gasteiger partial charge on any atom is 0.242 e. The second-order valence-electron chi connectivity index (χ2n) is 4.11. The van der Waals surface area contributed by atoms with E-state index in [4.69, 9.17) is 9.84 Å². The van der Waals surface area contributed by atoms with Crippen molar-refractivity contribution in [3.05, 3.63) is 24.3 Å². The fourth-order valence-corrected chi connectivity index (χ4v) is 2.90. The van der Waals surface area contributed by atoms with Crippen LogP contribution in [0.25, 0.3) is 0 Å². The highest BCUT2D eigenvalue weighted by molar-refractivity contribution is 7.89. The number of para-hydroxylation sites is 1. The van der Waals surface area contributed by atoms with E-state index in [9.17, 15) is 8.42 Å². The number of nitrogens with one attached hydrogen (secondary N) is 2. The fraction of sp³-hybridized carbons (Fsp3) is 0.538. The molecule has 0 fully saturated rings. The Morgan fingerprint density at radius 1 is 1.25 bits per heavy atom. The number of hydrogen-bond acceptors (Lipinski definition) is 5. The Morgan fingerprint density at radius 2 is 2.00 bits per heavy atom. The first kappa shape index (κ1) is 16.9. The molecule has 0 radical (unpaired) electrons. The minimum Gasteiger partial charge on any atom is -0.394 e. The standard InChI is InChI=1S/C13H22N2O4S/c1-2-15-20(17,18)13-7-4-3-6-12(13)14-8-5-10-19-11-9-16/h3-4,6-7,14-16H,2,5,8-11H2,1H3. The lowest BCUT2D eigenvalue weighted by molar-refractivity contribution is 0.0922. The van der Waals surface area contributed by atoms with Crippen molar-refractivity contribution >= 4 is 15.7 Å².